The number of hydrogen-bond donors (Lipinski definition) is 3. The lowest BCUT2D eigenvalue weighted by Crippen LogP contribution is -2.47. The Kier molecular flexibility index (Phi) is 8.70. The van der Waals surface area contributed by atoms with Gasteiger partial charge in [-0.3, -0.25) is 9.79 Å². The number of aromatic nitrogens is 1. The number of aryl methyl sites for hydroxylation is 1. The summed E-state index contributed by atoms with van der Waals surface area (Å²) in [6.07, 6.45) is 1.66. The average Bonchev–Trinajstić information content (AvgIpc) is 3.29. The molecule has 0 bridgehead atoms. The number of nitrogens with one attached hydrogen (secondary N) is 3. The number of nitrogens with zero attached hydrogens (tertiary/aromatic N) is 3. The smallest absolute Gasteiger partial charge is 0.239 e. The van der Waals surface area contributed by atoms with Crippen molar-refractivity contribution in [2.75, 3.05) is 31.6 Å². The number of piperazine rings is 1. The molecule has 8 nitrogen and oxygen atoms in total. The molecule has 1 aliphatic rings. The Morgan fingerprint density at radius 1 is 1.12 bits per heavy atom. The highest BCUT2D eigenvalue weighted by molar-refractivity contribution is 14.0. The third kappa shape index (κ3) is 6.70. The molecule has 33 heavy (non-hydrogen) atoms. The lowest BCUT2D eigenvalue weighted by molar-refractivity contribution is -0.120. The number of anilines is 1. The Morgan fingerprint density at radius 2 is 1.85 bits per heavy atom. The second-order valence-electron chi connectivity index (χ2n) is 7.73. The zero-order valence-corrected chi connectivity index (χ0v) is 21.1. The van der Waals surface area contributed by atoms with E-state index in [2.05, 4.69) is 49.9 Å². The van der Waals surface area contributed by atoms with E-state index in [0.717, 1.165) is 29.1 Å². The molecular formula is C24H29IN6O2. The van der Waals surface area contributed by atoms with Crippen LogP contribution in [0.2, 0.25) is 0 Å². The fourth-order valence-electron chi connectivity index (χ4n) is 3.48. The zero-order chi connectivity index (χ0) is 22.3. The molecule has 4 rings (SSSR count). The Labute approximate surface area is 210 Å². The molecule has 2 heterocycles. The number of aliphatic imine (C=N–C) groups is 1. The molecule has 1 amide bonds. The largest absolute Gasteiger partial charge is 0.444 e. The zero-order valence-electron chi connectivity index (χ0n) is 18.8. The van der Waals surface area contributed by atoms with Crippen LogP contribution in [-0.4, -0.2) is 43.5 Å². The summed E-state index contributed by atoms with van der Waals surface area (Å²) in [5.74, 6) is 1.35. The third-order valence-electron chi connectivity index (χ3n) is 5.31. The molecule has 2 aromatic carbocycles. The molecule has 1 aromatic heterocycles. The molecule has 1 saturated heterocycles. The van der Waals surface area contributed by atoms with Crippen LogP contribution in [0, 0.1) is 6.92 Å². The molecule has 0 radical (unpaired) electrons. The van der Waals surface area contributed by atoms with Gasteiger partial charge in [-0.25, -0.2) is 4.98 Å². The fourth-order valence-corrected chi connectivity index (χ4v) is 3.48. The quantitative estimate of drug-likeness (QED) is 0.244. The molecule has 9 heteroatoms. The van der Waals surface area contributed by atoms with Gasteiger partial charge in [-0.15, -0.1) is 24.0 Å². The van der Waals surface area contributed by atoms with Crippen molar-refractivity contribution in [2.45, 2.75) is 20.0 Å². The van der Waals surface area contributed by atoms with Crippen LogP contribution in [0.25, 0.3) is 11.5 Å². The monoisotopic (exact) mass is 560 g/mol. The Balaban J connectivity index is 0.00000306. The first-order valence-corrected chi connectivity index (χ1v) is 10.7. The van der Waals surface area contributed by atoms with Gasteiger partial charge in [-0.2, -0.15) is 0 Å². The second-order valence-corrected chi connectivity index (χ2v) is 7.73. The Hall–Kier alpha value is -3.08. The Morgan fingerprint density at radius 3 is 2.55 bits per heavy atom. The highest BCUT2D eigenvalue weighted by Crippen LogP contribution is 2.19. The summed E-state index contributed by atoms with van der Waals surface area (Å²) >= 11 is 0. The van der Waals surface area contributed by atoms with Crippen LogP contribution in [0.4, 0.5) is 5.69 Å². The summed E-state index contributed by atoms with van der Waals surface area (Å²) in [6.45, 7) is 5.10. The van der Waals surface area contributed by atoms with Gasteiger partial charge in [0.15, 0.2) is 5.96 Å². The van der Waals surface area contributed by atoms with E-state index in [4.69, 9.17) is 4.42 Å². The van der Waals surface area contributed by atoms with Gasteiger partial charge in [0, 0.05) is 37.9 Å². The predicted molar refractivity (Wildman–Crippen MR) is 141 cm³/mol. The van der Waals surface area contributed by atoms with Crippen molar-refractivity contribution in [3.05, 3.63) is 71.6 Å². The van der Waals surface area contributed by atoms with Crippen molar-refractivity contribution in [1.29, 1.82) is 0 Å². The lowest BCUT2D eigenvalue weighted by atomic mass is 10.1. The van der Waals surface area contributed by atoms with Gasteiger partial charge in [-0.05, 0) is 36.8 Å². The maximum atomic E-state index is 11.6. The summed E-state index contributed by atoms with van der Waals surface area (Å²) < 4.78 is 5.61. The molecule has 0 unspecified atom stereocenters. The number of hydrogen-bond acceptors (Lipinski definition) is 5. The van der Waals surface area contributed by atoms with E-state index in [1.165, 1.54) is 5.56 Å². The summed E-state index contributed by atoms with van der Waals surface area (Å²) in [6, 6.07) is 16.3. The predicted octanol–water partition coefficient (Wildman–Crippen LogP) is 3.07. The molecule has 3 N–H and O–H groups in total. The first kappa shape index (κ1) is 24.6. The van der Waals surface area contributed by atoms with Crippen molar-refractivity contribution < 1.29 is 9.21 Å². The standard InChI is InChI=1S/C24H28N6O2.HI/c1-17-3-7-19(8-4-17)23-29-20(16-32-23)14-28-24(25-2)27-13-18-5-9-21(10-6-18)30-12-11-26-22(31)15-30;/h3-10,16H,11-15H2,1-2H3,(H,26,31)(H2,25,27,28);1H. The minimum absolute atomic E-state index is 0. The third-order valence-corrected chi connectivity index (χ3v) is 5.31. The lowest BCUT2D eigenvalue weighted by Gasteiger charge is -2.28. The van der Waals surface area contributed by atoms with Gasteiger partial charge in [0.1, 0.15) is 6.26 Å². The van der Waals surface area contributed by atoms with Crippen molar-refractivity contribution >= 4 is 41.5 Å². The molecule has 0 aliphatic carbocycles. The molecule has 0 saturated carbocycles. The van der Waals surface area contributed by atoms with Gasteiger partial charge < -0.3 is 25.3 Å². The van der Waals surface area contributed by atoms with E-state index < -0.39 is 0 Å². The van der Waals surface area contributed by atoms with E-state index in [9.17, 15) is 4.79 Å². The molecule has 1 aliphatic heterocycles. The van der Waals surface area contributed by atoms with Crippen LogP contribution in [0.3, 0.4) is 0 Å². The number of amides is 1. The SMILES string of the molecule is CN=C(NCc1ccc(N2CCNC(=O)C2)cc1)NCc1coc(-c2ccc(C)cc2)n1.I. The van der Waals surface area contributed by atoms with E-state index in [1.807, 2.05) is 36.4 Å². The summed E-state index contributed by atoms with van der Waals surface area (Å²) in [5.41, 5.74) is 5.14. The Bertz CT molecular complexity index is 1080. The van der Waals surface area contributed by atoms with Crippen LogP contribution >= 0.6 is 24.0 Å². The number of carbonyl (C=O) groups is 1. The molecule has 0 atom stereocenters. The highest BCUT2D eigenvalue weighted by atomic mass is 127. The molecule has 3 aromatic rings. The van der Waals surface area contributed by atoms with Gasteiger partial charge >= 0.3 is 0 Å². The number of halogens is 1. The van der Waals surface area contributed by atoms with E-state index in [0.29, 0.717) is 38.0 Å². The minimum Gasteiger partial charge on any atom is -0.444 e. The number of rotatable bonds is 6. The number of guanidine groups is 1. The second kappa shape index (κ2) is 11.7. The maximum absolute atomic E-state index is 11.6. The van der Waals surface area contributed by atoms with Gasteiger partial charge in [0.2, 0.25) is 11.8 Å². The normalized spacial score (nSPS) is 13.8. The van der Waals surface area contributed by atoms with Crippen molar-refractivity contribution in [3.63, 3.8) is 0 Å². The number of benzene rings is 2. The van der Waals surface area contributed by atoms with E-state index in [1.54, 1.807) is 13.3 Å². The summed E-state index contributed by atoms with van der Waals surface area (Å²) in [4.78, 5) is 22.5. The maximum Gasteiger partial charge on any atom is 0.239 e. The highest BCUT2D eigenvalue weighted by Gasteiger charge is 2.16. The topological polar surface area (TPSA) is 94.8 Å². The van der Waals surface area contributed by atoms with Crippen LogP contribution in [0.1, 0.15) is 16.8 Å². The van der Waals surface area contributed by atoms with Crippen LogP contribution in [-0.2, 0) is 17.9 Å². The number of oxazole rings is 1. The van der Waals surface area contributed by atoms with Gasteiger partial charge in [-0.1, -0.05) is 29.8 Å². The average molecular weight is 560 g/mol. The minimum atomic E-state index is 0. The first-order chi connectivity index (χ1) is 15.6. The van der Waals surface area contributed by atoms with Crippen molar-refractivity contribution in [1.82, 2.24) is 20.9 Å². The molecular weight excluding hydrogens is 531 g/mol. The molecule has 0 spiro atoms. The van der Waals surface area contributed by atoms with Crippen LogP contribution in [0.15, 0.2) is 64.2 Å². The summed E-state index contributed by atoms with van der Waals surface area (Å²) in [5, 5.41) is 9.42. The fraction of sp³-hybridized carbons (Fsp3) is 0.292. The van der Waals surface area contributed by atoms with E-state index >= 15 is 0 Å². The molecule has 1 fully saturated rings. The van der Waals surface area contributed by atoms with Crippen LogP contribution in [0.5, 0.6) is 0 Å². The molecule has 174 valence electrons. The van der Waals surface area contributed by atoms with Crippen molar-refractivity contribution in [3.8, 4) is 11.5 Å². The first-order valence-electron chi connectivity index (χ1n) is 10.7. The van der Waals surface area contributed by atoms with Crippen molar-refractivity contribution in [2.24, 2.45) is 4.99 Å². The van der Waals surface area contributed by atoms with Crippen LogP contribution < -0.4 is 20.9 Å². The van der Waals surface area contributed by atoms with Gasteiger partial charge in [0.25, 0.3) is 0 Å². The summed E-state index contributed by atoms with van der Waals surface area (Å²) in [7, 11) is 1.74. The van der Waals surface area contributed by atoms with E-state index in [-0.39, 0.29) is 29.9 Å². The number of carbonyl (C=O) groups excluding carboxylic acids is 1. The van der Waals surface area contributed by atoms with Gasteiger partial charge in [0.05, 0.1) is 18.8 Å².